The highest BCUT2D eigenvalue weighted by Crippen LogP contribution is 2.01. The highest BCUT2D eigenvalue weighted by Gasteiger charge is 2.08. The maximum atomic E-state index is 5.27. The number of hydrogen-bond acceptors (Lipinski definition) is 4. The Balaban J connectivity index is 1.62. The second-order valence-electron chi connectivity index (χ2n) is 3.37. The molecule has 0 aromatic carbocycles. The van der Waals surface area contributed by atoms with Gasteiger partial charge in [0, 0.05) is 32.4 Å². The van der Waals surface area contributed by atoms with Crippen LogP contribution in [0.25, 0.3) is 0 Å². The van der Waals surface area contributed by atoms with Gasteiger partial charge in [-0.3, -0.25) is 10.00 Å². The van der Waals surface area contributed by atoms with Crippen molar-refractivity contribution in [1.29, 1.82) is 0 Å². The Hall–Kier alpha value is -1.07. The summed E-state index contributed by atoms with van der Waals surface area (Å²) in [7, 11) is 0. The van der Waals surface area contributed by atoms with Crippen LogP contribution in [0.4, 0.5) is 5.69 Å². The first-order valence-corrected chi connectivity index (χ1v) is 4.98. The van der Waals surface area contributed by atoms with Gasteiger partial charge in [0.05, 0.1) is 25.1 Å². The van der Waals surface area contributed by atoms with Crippen molar-refractivity contribution in [2.24, 2.45) is 0 Å². The van der Waals surface area contributed by atoms with Gasteiger partial charge in [0.2, 0.25) is 0 Å². The van der Waals surface area contributed by atoms with E-state index in [0.29, 0.717) is 0 Å². The number of hydrogen-bond donors (Lipinski definition) is 2. The van der Waals surface area contributed by atoms with Crippen LogP contribution in [0.15, 0.2) is 12.4 Å². The van der Waals surface area contributed by atoms with Crippen LogP contribution in [0.2, 0.25) is 0 Å². The number of nitrogens with zero attached hydrogens (tertiary/aromatic N) is 2. The van der Waals surface area contributed by atoms with Crippen LogP contribution in [0, 0.1) is 0 Å². The molecule has 1 aliphatic heterocycles. The van der Waals surface area contributed by atoms with Gasteiger partial charge < -0.3 is 10.1 Å². The summed E-state index contributed by atoms with van der Waals surface area (Å²) < 4.78 is 5.27. The molecule has 1 saturated heterocycles. The molecule has 0 amide bonds. The number of nitrogens with one attached hydrogen (secondary N) is 2. The second kappa shape index (κ2) is 4.97. The van der Waals surface area contributed by atoms with E-state index in [2.05, 4.69) is 20.4 Å². The molecule has 2 N–H and O–H groups in total. The van der Waals surface area contributed by atoms with E-state index in [1.54, 1.807) is 6.20 Å². The smallest absolute Gasteiger partial charge is 0.0724 e. The van der Waals surface area contributed by atoms with Gasteiger partial charge >= 0.3 is 0 Å². The predicted molar refractivity (Wildman–Crippen MR) is 54.3 cm³/mol. The van der Waals surface area contributed by atoms with E-state index < -0.39 is 0 Å². The molecule has 0 saturated carbocycles. The minimum atomic E-state index is 0.867. The van der Waals surface area contributed by atoms with Gasteiger partial charge in [0.25, 0.3) is 0 Å². The molecule has 2 heterocycles. The summed E-state index contributed by atoms with van der Waals surface area (Å²) in [5.74, 6) is 0. The lowest BCUT2D eigenvalue weighted by atomic mass is 10.4. The zero-order valence-corrected chi connectivity index (χ0v) is 8.20. The third kappa shape index (κ3) is 2.71. The van der Waals surface area contributed by atoms with Crippen molar-refractivity contribution >= 4 is 5.69 Å². The summed E-state index contributed by atoms with van der Waals surface area (Å²) in [4.78, 5) is 2.40. The van der Waals surface area contributed by atoms with E-state index in [-0.39, 0.29) is 0 Å². The molecule has 2 rings (SSSR count). The largest absolute Gasteiger partial charge is 0.381 e. The Bertz CT molecular complexity index is 243. The average Bonchev–Trinajstić information content (AvgIpc) is 2.72. The van der Waals surface area contributed by atoms with Crippen LogP contribution in [-0.4, -0.2) is 54.5 Å². The van der Waals surface area contributed by atoms with Crippen molar-refractivity contribution in [2.75, 3.05) is 44.7 Å². The van der Waals surface area contributed by atoms with Gasteiger partial charge in [-0.25, -0.2) is 0 Å². The average molecular weight is 196 g/mol. The molecule has 0 bridgehead atoms. The number of anilines is 1. The topological polar surface area (TPSA) is 53.2 Å². The predicted octanol–water partition coefficient (Wildman–Crippen LogP) is 0.154. The quantitative estimate of drug-likeness (QED) is 0.720. The lowest BCUT2D eigenvalue weighted by Gasteiger charge is -2.26. The van der Waals surface area contributed by atoms with Crippen molar-refractivity contribution in [3.8, 4) is 0 Å². The number of morpholine rings is 1. The van der Waals surface area contributed by atoms with Crippen molar-refractivity contribution in [2.45, 2.75) is 0 Å². The molecule has 0 radical (unpaired) electrons. The molecular formula is C9H16N4O. The van der Waals surface area contributed by atoms with E-state index in [9.17, 15) is 0 Å². The number of aromatic nitrogens is 2. The fraction of sp³-hybridized carbons (Fsp3) is 0.667. The van der Waals surface area contributed by atoms with Crippen molar-refractivity contribution in [3.05, 3.63) is 12.4 Å². The molecule has 1 aromatic rings. The Morgan fingerprint density at radius 3 is 3.07 bits per heavy atom. The molecule has 0 spiro atoms. The molecular weight excluding hydrogens is 180 g/mol. The summed E-state index contributed by atoms with van der Waals surface area (Å²) in [6.45, 7) is 5.85. The lowest BCUT2D eigenvalue weighted by molar-refractivity contribution is 0.0398. The highest BCUT2D eigenvalue weighted by atomic mass is 16.5. The molecule has 1 fully saturated rings. The first-order valence-electron chi connectivity index (χ1n) is 4.98. The summed E-state index contributed by atoms with van der Waals surface area (Å²) in [6, 6.07) is 0. The normalized spacial score (nSPS) is 18.3. The molecule has 0 unspecified atom stereocenters. The zero-order chi connectivity index (χ0) is 9.64. The van der Waals surface area contributed by atoms with E-state index in [1.807, 2.05) is 6.20 Å². The summed E-state index contributed by atoms with van der Waals surface area (Å²) in [5, 5.41) is 9.93. The molecule has 1 aromatic heterocycles. The van der Waals surface area contributed by atoms with Crippen LogP contribution in [0.5, 0.6) is 0 Å². The van der Waals surface area contributed by atoms with Crippen LogP contribution in [0.1, 0.15) is 0 Å². The summed E-state index contributed by atoms with van der Waals surface area (Å²) >= 11 is 0. The van der Waals surface area contributed by atoms with Crippen molar-refractivity contribution in [1.82, 2.24) is 15.1 Å². The fourth-order valence-corrected chi connectivity index (χ4v) is 1.53. The maximum absolute atomic E-state index is 5.27. The summed E-state index contributed by atoms with van der Waals surface area (Å²) in [5.41, 5.74) is 1.05. The third-order valence-corrected chi connectivity index (χ3v) is 2.36. The minimum Gasteiger partial charge on any atom is -0.381 e. The molecule has 5 heteroatoms. The lowest BCUT2D eigenvalue weighted by Crippen LogP contribution is -2.38. The van der Waals surface area contributed by atoms with Crippen LogP contribution >= 0.6 is 0 Å². The molecule has 0 atom stereocenters. The first kappa shape index (κ1) is 9.48. The Morgan fingerprint density at radius 1 is 1.50 bits per heavy atom. The Kier molecular flexibility index (Phi) is 3.37. The SMILES string of the molecule is c1n[nH]cc1NCCN1CCOCC1. The van der Waals surface area contributed by atoms with E-state index >= 15 is 0 Å². The van der Waals surface area contributed by atoms with Gasteiger partial charge in [0.15, 0.2) is 0 Å². The number of aromatic amines is 1. The summed E-state index contributed by atoms with van der Waals surface area (Å²) in [6.07, 6.45) is 3.65. The van der Waals surface area contributed by atoms with E-state index in [1.165, 1.54) is 0 Å². The highest BCUT2D eigenvalue weighted by molar-refractivity contribution is 5.37. The monoisotopic (exact) mass is 196 g/mol. The van der Waals surface area contributed by atoms with Crippen molar-refractivity contribution in [3.63, 3.8) is 0 Å². The van der Waals surface area contributed by atoms with Gasteiger partial charge in [0.1, 0.15) is 0 Å². The number of rotatable bonds is 4. The van der Waals surface area contributed by atoms with E-state index in [4.69, 9.17) is 4.74 Å². The second-order valence-corrected chi connectivity index (χ2v) is 3.37. The Morgan fingerprint density at radius 2 is 2.36 bits per heavy atom. The fourth-order valence-electron chi connectivity index (χ4n) is 1.53. The van der Waals surface area contributed by atoms with Gasteiger partial charge in [-0.05, 0) is 0 Å². The standard InChI is InChI=1S/C9H16N4O/c1(10-9-7-11-12-8-9)2-13-3-5-14-6-4-13/h7-8,10H,1-6H2,(H,11,12). The maximum Gasteiger partial charge on any atom is 0.0724 e. The van der Waals surface area contributed by atoms with Gasteiger partial charge in [-0.1, -0.05) is 0 Å². The van der Waals surface area contributed by atoms with Crippen LogP contribution in [-0.2, 0) is 4.74 Å². The van der Waals surface area contributed by atoms with Crippen LogP contribution in [0.3, 0.4) is 0 Å². The third-order valence-electron chi connectivity index (χ3n) is 2.36. The molecule has 5 nitrogen and oxygen atoms in total. The minimum absolute atomic E-state index is 0.867. The molecule has 1 aliphatic rings. The van der Waals surface area contributed by atoms with Crippen molar-refractivity contribution < 1.29 is 4.74 Å². The Labute approximate surface area is 83.4 Å². The molecule has 14 heavy (non-hydrogen) atoms. The number of ether oxygens (including phenoxy) is 1. The zero-order valence-electron chi connectivity index (χ0n) is 8.20. The van der Waals surface area contributed by atoms with Gasteiger partial charge in [-0.15, -0.1) is 0 Å². The van der Waals surface area contributed by atoms with Gasteiger partial charge in [-0.2, -0.15) is 5.10 Å². The molecule has 78 valence electrons. The molecule has 0 aliphatic carbocycles. The van der Waals surface area contributed by atoms with E-state index in [0.717, 1.165) is 45.1 Å². The van der Waals surface area contributed by atoms with Crippen LogP contribution < -0.4 is 5.32 Å². The number of H-pyrrole nitrogens is 1. The first-order chi connectivity index (χ1) is 6.95.